The van der Waals surface area contributed by atoms with E-state index < -0.39 is 88.2 Å². The molecule has 3 rings (SSSR count). The normalized spacial score (nSPS) is 13.2. The van der Waals surface area contributed by atoms with Crippen molar-refractivity contribution < 1.29 is 62.7 Å². The van der Waals surface area contributed by atoms with Crippen LogP contribution in [-0.4, -0.2) is 40.1 Å². The molecule has 0 bridgehead atoms. The smallest absolute Gasteiger partial charge is 0.489 e. The summed E-state index contributed by atoms with van der Waals surface area (Å²) >= 11 is 0. The Bertz CT molecular complexity index is 1300. The van der Waals surface area contributed by atoms with E-state index >= 15 is 4.39 Å². The molecule has 0 saturated carbocycles. The summed E-state index contributed by atoms with van der Waals surface area (Å²) in [4.78, 5) is 0. The lowest BCUT2D eigenvalue weighted by molar-refractivity contribution is -0.957. The fourth-order valence-corrected chi connectivity index (χ4v) is 3.41. The Morgan fingerprint density at radius 2 is 0.974 bits per heavy atom. The average molecular weight is 568 g/mol. The van der Waals surface area contributed by atoms with Gasteiger partial charge in [0.1, 0.15) is 22.8 Å². The van der Waals surface area contributed by atoms with Crippen molar-refractivity contribution in [1.82, 2.24) is 0 Å². The molecule has 0 amide bonds. The number of halogens is 9. The Morgan fingerprint density at radius 3 is 1.33 bits per heavy atom. The highest BCUT2D eigenvalue weighted by Gasteiger charge is 2.48. The number of hydrogen-bond donors (Lipinski definition) is 0. The van der Waals surface area contributed by atoms with Gasteiger partial charge in [0.05, 0.1) is 21.1 Å². The van der Waals surface area contributed by atoms with E-state index in [0.29, 0.717) is 30.3 Å². The molecule has 0 saturated heterocycles. The quantitative estimate of drug-likeness (QED) is 0.105. The van der Waals surface area contributed by atoms with E-state index in [0.717, 1.165) is 7.11 Å². The molecule has 0 aromatic heterocycles. The first-order valence-corrected chi connectivity index (χ1v) is 10.8. The summed E-state index contributed by atoms with van der Waals surface area (Å²) in [5.41, 5.74) is -2.53. The molecule has 0 heterocycles. The van der Waals surface area contributed by atoms with Gasteiger partial charge in [0.25, 0.3) is 0 Å². The molecule has 1 unspecified atom stereocenters. The van der Waals surface area contributed by atoms with E-state index in [1.807, 2.05) is 0 Å². The minimum absolute atomic E-state index is 0.267. The molecule has 3 aromatic carbocycles. The highest BCUT2D eigenvalue weighted by Crippen LogP contribution is 2.41. The van der Waals surface area contributed by atoms with Gasteiger partial charge in [-0.05, 0) is 0 Å². The first-order valence-electron chi connectivity index (χ1n) is 10.8. The van der Waals surface area contributed by atoms with Gasteiger partial charge in [-0.3, -0.25) is 4.48 Å². The second kappa shape index (κ2) is 10.9. The molecule has 1 atom stereocenters. The van der Waals surface area contributed by atoms with E-state index in [-0.39, 0.29) is 4.48 Å². The van der Waals surface area contributed by atoms with Gasteiger partial charge < -0.3 is 18.7 Å². The zero-order chi connectivity index (χ0) is 29.4. The van der Waals surface area contributed by atoms with Crippen LogP contribution in [0.25, 0.3) is 0 Å². The van der Waals surface area contributed by atoms with Crippen LogP contribution < -0.4 is 14.0 Å². The summed E-state index contributed by atoms with van der Waals surface area (Å²) < 4.78 is 147. The van der Waals surface area contributed by atoms with E-state index in [4.69, 9.17) is 18.7 Å². The van der Waals surface area contributed by atoms with Gasteiger partial charge in [-0.1, -0.05) is 0 Å². The van der Waals surface area contributed by atoms with Crippen molar-refractivity contribution in [2.75, 3.05) is 28.3 Å². The summed E-state index contributed by atoms with van der Waals surface area (Å²) in [6.45, 7) is 1.29. The van der Waals surface area contributed by atoms with Crippen LogP contribution in [0.1, 0.15) is 12.5 Å². The lowest BCUT2D eigenvalue weighted by atomic mass is 9.98. The first kappa shape index (κ1) is 30.0. The number of nitrogens with zero attached hydrogens (tertiary/aromatic N) is 1. The Kier molecular flexibility index (Phi) is 8.36. The summed E-state index contributed by atoms with van der Waals surface area (Å²) in [7, 11) is 3.26. The van der Waals surface area contributed by atoms with Gasteiger partial charge in [0, 0.05) is 44.4 Å². The van der Waals surface area contributed by atoms with E-state index in [9.17, 15) is 35.1 Å². The maximum atomic E-state index is 15.2. The van der Waals surface area contributed by atoms with Gasteiger partial charge in [0.2, 0.25) is 5.72 Å². The summed E-state index contributed by atoms with van der Waals surface area (Å²) in [5, 5.41) is 0. The molecule has 3 aromatic rings. The molecule has 5 nitrogen and oxygen atoms in total. The van der Waals surface area contributed by atoms with Crippen molar-refractivity contribution in [3.63, 3.8) is 0 Å². The molecule has 0 spiro atoms. The monoisotopic (exact) mass is 568 g/mol. The number of quaternary nitrogens is 1. The zero-order valence-electron chi connectivity index (χ0n) is 20.9. The van der Waals surface area contributed by atoms with Crippen molar-refractivity contribution in [3.8, 4) is 17.2 Å². The lowest BCUT2D eigenvalue weighted by Crippen LogP contribution is -2.54. The molecular formula is C24H20BF9NO4+. The van der Waals surface area contributed by atoms with Gasteiger partial charge in [-0.25, -0.2) is 39.5 Å². The number of methoxy groups -OCH3 is 1. The summed E-state index contributed by atoms with van der Waals surface area (Å²) in [6, 6.07) is 1.71. The molecule has 0 radical (unpaired) electrons. The third-order valence-electron chi connectivity index (χ3n) is 5.87. The van der Waals surface area contributed by atoms with Crippen LogP contribution >= 0.6 is 0 Å². The van der Waals surface area contributed by atoms with Crippen LogP contribution in [0.2, 0.25) is 0 Å². The molecule has 210 valence electrons. The van der Waals surface area contributed by atoms with Crippen molar-refractivity contribution in [3.05, 3.63) is 88.3 Å². The van der Waals surface area contributed by atoms with Crippen LogP contribution in [0.4, 0.5) is 39.5 Å². The van der Waals surface area contributed by atoms with Crippen molar-refractivity contribution in [2.45, 2.75) is 12.6 Å². The van der Waals surface area contributed by atoms with Gasteiger partial charge >= 0.3 is 7.32 Å². The standard InChI is InChI=1S/C24H20BF9NO4/c1-24(36-5,35(2,3)4)19-18(10-17(30)22(33)23(19)34)39-25(37-11-6-13(26)20(31)14(27)7-11)38-12-8-15(28)21(32)16(29)9-12/h6-10H,1-5H3/q+1. The Hall–Kier alpha value is -3.59. The Labute approximate surface area is 217 Å². The molecule has 0 fully saturated rings. The fraction of sp³-hybridized carbons (Fsp3) is 0.250. The minimum atomic E-state index is -2.39. The third kappa shape index (κ3) is 5.88. The second-order valence-corrected chi connectivity index (χ2v) is 9.10. The summed E-state index contributed by atoms with van der Waals surface area (Å²) in [5.74, 6) is -18.5. The van der Waals surface area contributed by atoms with Crippen LogP contribution in [0.3, 0.4) is 0 Å². The highest BCUT2D eigenvalue weighted by atomic mass is 19.2. The van der Waals surface area contributed by atoms with Crippen LogP contribution in [0.15, 0.2) is 30.3 Å². The predicted octanol–water partition coefficient (Wildman–Crippen LogP) is 5.99. The van der Waals surface area contributed by atoms with Crippen molar-refractivity contribution in [1.29, 1.82) is 0 Å². The summed E-state index contributed by atoms with van der Waals surface area (Å²) in [6.07, 6.45) is 0. The minimum Gasteiger partial charge on any atom is -0.489 e. The van der Waals surface area contributed by atoms with E-state index in [2.05, 4.69) is 0 Å². The van der Waals surface area contributed by atoms with E-state index in [1.54, 1.807) is 0 Å². The SMILES string of the molecule is COC(C)(c1c(OB(Oc2cc(F)c(F)c(F)c2)Oc2cc(F)c(F)c(F)c2)cc(F)c(F)c1F)[N+](C)(C)C. The molecule has 0 aliphatic carbocycles. The maximum Gasteiger partial charge on any atom is 0.864 e. The number of rotatable bonds is 9. The molecule has 15 heteroatoms. The molecule has 0 aliphatic rings. The number of ether oxygens (including phenoxy) is 1. The second-order valence-electron chi connectivity index (χ2n) is 9.10. The topological polar surface area (TPSA) is 36.9 Å². The van der Waals surface area contributed by atoms with Gasteiger partial charge in [0.15, 0.2) is 52.4 Å². The average Bonchev–Trinajstić information content (AvgIpc) is 2.83. The first-order chi connectivity index (χ1) is 18.0. The molecule has 39 heavy (non-hydrogen) atoms. The van der Waals surface area contributed by atoms with Crippen molar-refractivity contribution in [2.24, 2.45) is 0 Å². The Balaban J connectivity index is 2.18. The predicted molar refractivity (Wildman–Crippen MR) is 119 cm³/mol. The van der Waals surface area contributed by atoms with Crippen molar-refractivity contribution >= 4 is 7.32 Å². The number of benzene rings is 3. The maximum absolute atomic E-state index is 15.2. The highest BCUT2D eigenvalue weighted by molar-refractivity contribution is 6.39. The van der Waals surface area contributed by atoms with Crippen LogP contribution in [0.5, 0.6) is 17.2 Å². The molecular weight excluding hydrogens is 548 g/mol. The van der Waals surface area contributed by atoms with Gasteiger partial charge in [-0.2, -0.15) is 0 Å². The lowest BCUT2D eigenvalue weighted by Gasteiger charge is -2.43. The molecule has 0 N–H and O–H groups in total. The largest absolute Gasteiger partial charge is 0.864 e. The van der Waals surface area contributed by atoms with Gasteiger partial charge in [-0.15, -0.1) is 0 Å². The van der Waals surface area contributed by atoms with Crippen LogP contribution in [-0.2, 0) is 10.5 Å². The number of hydrogen-bond acceptors (Lipinski definition) is 4. The zero-order valence-corrected chi connectivity index (χ0v) is 20.9. The van der Waals surface area contributed by atoms with Crippen LogP contribution in [0, 0.1) is 52.4 Å². The Morgan fingerprint density at radius 1 is 0.590 bits per heavy atom. The fourth-order valence-electron chi connectivity index (χ4n) is 3.41. The van der Waals surface area contributed by atoms with E-state index in [1.165, 1.54) is 28.1 Å². The third-order valence-corrected chi connectivity index (χ3v) is 5.87. The molecule has 0 aliphatic heterocycles.